The molecule has 6 nitrogen and oxygen atoms in total. The minimum atomic E-state index is -0.0675. The first kappa shape index (κ1) is 20.2. The number of carbonyl (C=O) groups is 1. The number of aromatic nitrogens is 1. The number of pyridine rings is 1. The van der Waals surface area contributed by atoms with Crippen LogP contribution in [0.1, 0.15) is 15.9 Å². The van der Waals surface area contributed by atoms with Crippen LogP contribution in [0.3, 0.4) is 0 Å². The Morgan fingerprint density at radius 2 is 1.59 bits per heavy atom. The summed E-state index contributed by atoms with van der Waals surface area (Å²) in [7, 11) is 3.38. The third-order valence-electron chi connectivity index (χ3n) is 4.33. The Labute approximate surface area is 170 Å². The van der Waals surface area contributed by atoms with E-state index in [0.717, 1.165) is 17.1 Å². The lowest BCUT2D eigenvalue weighted by atomic mass is 10.2. The van der Waals surface area contributed by atoms with Gasteiger partial charge in [0.05, 0.1) is 13.7 Å². The third kappa shape index (κ3) is 5.97. The largest absolute Gasteiger partial charge is 0.497 e. The molecule has 29 heavy (non-hydrogen) atoms. The van der Waals surface area contributed by atoms with Crippen molar-refractivity contribution in [3.05, 3.63) is 84.2 Å². The summed E-state index contributed by atoms with van der Waals surface area (Å²) in [5.74, 6) is 2.15. The Bertz CT molecular complexity index is 896. The number of amides is 1. The van der Waals surface area contributed by atoms with Gasteiger partial charge in [0.15, 0.2) is 0 Å². The molecular weight excluding hydrogens is 368 g/mol. The first-order valence-electron chi connectivity index (χ1n) is 9.30. The Morgan fingerprint density at radius 1 is 0.931 bits per heavy atom. The zero-order valence-corrected chi connectivity index (χ0v) is 16.6. The lowest BCUT2D eigenvalue weighted by Crippen LogP contribution is -2.30. The van der Waals surface area contributed by atoms with E-state index < -0.39 is 0 Å². The van der Waals surface area contributed by atoms with E-state index in [4.69, 9.17) is 14.2 Å². The van der Waals surface area contributed by atoms with E-state index in [1.807, 2.05) is 36.4 Å². The summed E-state index contributed by atoms with van der Waals surface area (Å²) in [6, 6.07) is 18.3. The van der Waals surface area contributed by atoms with Crippen molar-refractivity contribution in [2.75, 3.05) is 27.3 Å². The Balaban J connectivity index is 1.46. The van der Waals surface area contributed by atoms with Crippen molar-refractivity contribution < 1.29 is 19.0 Å². The maximum atomic E-state index is 12.6. The highest BCUT2D eigenvalue weighted by Crippen LogP contribution is 2.17. The van der Waals surface area contributed by atoms with Crippen molar-refractivity contribution in [2.45, 2.75) is 6.61 Å². The van der Waals surface area contributed by atoms with E-state index in [1.54, 1.807) is 55.7 Å². The number of hydrogen-bond donors (Lipinski definition) is 0. The van der Waals surface area contributed by atoms with Gasteiger partial charge in [-0.3, -0.25) is 9.78 Å². The van der Waals surface area contributed by atoms with Gasteiger partial charge in [-0.25, -0.2) is 0 Å². The molecule has 0 atom stereocenters. The van der Waals surface area contributed by atoms with Crippen LogP contribution < -0.4 is 14.2 Å². The van der Waals surface area contributed by atoms with Crippen molar-refractivity contribution in [2.24, 2.45) is 0 Å². The molecule has 150 valence electrons. The van der Waals surface area contributed by atoms with Crippen LogP contribution in [0.4, 0.5) is 0 Å². The molecule has 2 aromatic carbocycles. The number of rotatable bonds is 9. The van der Waals surface area contributed by atoms with E-state index in [0.29, 0.717) is 31.1 Å². The molecule has 0 aliphatic heterocycles. The Morgan fingerprint density at radius 3 is 2.24 bits per heavy atom. The Hall–Kier alpha value is -3.54. The van der Waals surface area contributed by atoms with Gasteiger partial charge < -0.3 is 19.1 Å². The molecular formula is C23H24N2O4. The van der Waals surface area contributed by atoms with Crippen LogP contribution in [0.2, 0.25) is 0 Å². The fourth-order valence-corrected chi connectivity index (χ4v) is 2.64. The molecule has 0 unspecified atom stereocenters. The second-order valence-corrected chi connectivity index (χ2v) is 6.43. The predicted octanol–water partition coefficient (Wildman–Crippen LogP) is 3.82. The van der Waals surface area contributed by atoms with Gasteiger partial charge in [-0.05, 0) is 54.6 Å². The molecule has 0 aliphatic carbocycles. The first-order chi connectivity index (χ1) is 14.2. The maximum absolute atomic E-state index is 12.6. The van der Waals surface area contributed by atoms with E-state index in [-0.39, 0.29) is 5.91 Å². The lowest BCUT2D eigenvalue weighted by Gasteiger charge is -2.18. The molecule has 0 spiro atoms. The topological polar surface area (TPSA) is 60.9 Å². The van der Waals surface area contributed by atoms with Gasteiger partial charge >= 0.3 is 0 Å². The number of nitrogens with zero attached hydrogens (tertiary/aromatic N) is 2. The molecule has 0 aliphatic rings. The normalized spacial score (nSPS) is 10.3. The van der Waals surface area contributed by atoms with Crippen molar-refractivity contribution in [3.8, 4) is 17.2 Å². The number of ether oxygens (including phenoxy) is 3. The van der Waals surface area contributed by atoms with Crippen LogP contribution >= 0.6 is 0 Å². The number of methoxy groups -OCH3 is 1. The van der Waals surface area contributed by atoms with Crippen molar-refractivity contribution in [1.82, 2.24) is 9.88 Å². The smallest absolute Gasteiger partial charge is 0.253 e. The fourth-order valence-electron chi connectivity index (χ4n) is 2.64. The SMILES string of the molecule is COc1ccc(OCCN(C)C(=O)c2ccc(OCc3cccnc3)cc2)cc1. The number of carbonyl (C=O) groups excluding carboxylic acids is 1. The van der Waals surface area contributed by atoms with Gasteiger partial charge in [-0.2, -0.15) is 0 Å². The highest BCUT2D eigenvalue weighted by molar-refractivity contribution is 5.94. The molecule has 3 rings (SSSR count). The molecule has 0 saturated heterocycles. The van der Waals surface area contributed by atoms with Gasteiger partial charge in [-0.15, -0.1) is 0 Å². The summed E-state index contributed by atoms with van der Waals surface area (Å²) in [6.45, 7) is 1.31. The van der Waals surface area contributed by atoms with Gasteiger partial charge in [0.1, 0.15) is 30.5 Å². The van der Waals surface area contributed by atoms with Gasteiger partial charge in [0, 0.05) is 30.6 Å². The van der Waals surface area contributed by atoms with E-state index >= 15 is 0 Å². The van der Waals surface area contributed by atoms with Crippen LogP contribution in [-0.4, -0.2) is 43.1 Å². The van der Waals surface area contributed by atoms with Crippen LogP contribution in [0.25, 0.3) is 0 Å². The molecule has 0 bridgehead atoms. The van der Waals surface area contributed by atoms with Crippen LogP contribution in [-0.2, 0) is 6.61 Å². The minimum absolute atomic E-state index is 0.0675. The molecule has 1 heterocycles. The average molecular weight is 392 g/mol. The summed E-state index contributed by atoms with van der Waals surface area (Å²) < 4.78 is 16.5. The maximum Gasteiger partial charge on any atom is 0.253 e. The third-order valence-corrected chi connectivity index (χ3v) is 4.33. The van der Waals surface area contributed by atoms with E-state index in [2.05, 4.69) is 4.98 Å². The van der Waals surface area contributed by atoms with E-state index in [9.17, 15) is 4.79 Å². The van der Waals surface area contributed by atoms with Gasteiger partial charge in [0.25, 0.3) is 5.91 Å². The van der Waals surface area contributed by atoms with Gasteiger partial charge in [-0.1, -0.05) is 6.07 Å². The molecule has 0 radical (unpaired) electrons. The molecule has 6 heteroatoms. The monoisotopic (exact) mass is 392 g/mol. The second kappa shape index (κ2) is 10.1. The molecule has 1 amide bonds. The quantitative estimate of drug-likeness (QED) is 0.554. The summed E-state index contributed by atoms with van der Waals surface area (Å²) in [5.41, 5.74) is 1.59. The van der Waals surface area contributed by atoms with Crippen molar-refractivity contribution in [1.29, 1.82) is 0 Å². The Kier molecular flexibility index (Phi) is 7.05. The van der Waals surface area contributed by atoms with Crippen LogP contribution in [0, 0.1) is 0 Å². The summed E-state index contributed by atoms with van der Waals surface area (Å²) >= 11 is 0. The molecule has 1 aromatic heterocycles. The molecule has 0 N–H and O–H groups in total. The molecule has 3 aromatic rings. The van der Waals surface area contributed by atoms with Gasteiger partial charge in [0.2, 0.25) is 0 Å². The minimum Gasteiger partial charge on any atom is -0.497 e. The van der Waals surface area contributed by atoms with Crippen LogP contribution in [0.15, 0.2) is 73.1 Å². The summed E-state index contributed by atoms with van der Waals surface area (Å²) in [5, 5.41) is 0. The van der Waals surface area contributed by atoms with Crippen LogP contribution in [0.5, 0.6) is 17.2 Å². The predicted molar refractivity (Wildman–Crippen MR) is 110 cm³/mol. The highest BCUT2D eigenvalue weighted by Gasteiger charge is 2.12. The first-order valence-corrected chi connectivity index (χ1v) is 9.30. The number of benzene rings is 2. The molecule has 0 saturated carbocycles. The van der Waals surface area contributed by atoms with Crippen molar-refractivity contribution >= 4 is 5.91 Å². The fraction of sp³-hybridized carbons (Fsp3) is 0.217. The lowest BCUT2D eigenvalue weighted by molar-refractivity contribution is 0.0773. The highest BCUT2D eigenvalue weighted by atomic mass is 16.5. The summed E-state index contributed by atoms with van der Waals surface area (Å²) in [4.78, 5) is 18.3. The number of hydrogen-bond acceptors (Lipinski definition) is 5. The number of likely N-dealkylation sites (N-methyl/N-ethyl adjacent to an activating group) is 1. The van der Waals surface area contributed by atoms with E-state index in [1.165, 1.54) is 0 Å². The molecule has 0 fully saturated rings. The average Bonchev–Trinajstić information content (AvgIpc) is 2.78. The zero-order valence-electron chi connectivity index (χ0n) is 16.6. The zero-order chi connectivity index (χ0) is 20.5. The van der Waals surface area contributed by atoms with Crippen molar-refractivity contribution in [3.63, 3.8) is 0 Å². The summed E-state index contributed by atoms with van der Waals surface area (Å²) in [6.07, 6.45) is 3.49. The standard InChI is InChI=1S/C23H24N2O4/c1-25(14-15-28-21-11-9-20(27-2)10-12-21)23(26)19-5-7-22(8-6-19)29-17-18-4-3-13-24-16-18/h3-13,16H,14-15,17H2,1-2H3. The second-order valence-electron chi connectivity index (χ2n) is 6.43.